The molecule has 0 saturated carbocycles. The van der Waals surface area contributed by atoms with Crippen LogP contribution in [-0.4, -0.2) is 36.6 Å². The second-order valence-corrected chi connectivity index (χ2v) is 5.14. The van der Waals surface area contributed by atoms with Crippen LogP contribution in [0, 0.1) is 11.3 Å². The fourth-order valence-electron chi connectivity index (χ4n) is 2.68. The van der Waals surface area contributed by atoms with Gasteiger partial charge >= 0.3 is 0 Å². The Morgan fingerprint density at radius 3 is 2.95 bits per heavy atom. The standard InChI is InChI=1S/C17H16N2O2/c18-11-15-12-19(8-9-21-15)17(20)10-14-6-3-5-13-4-1-2-7-16(13)14/h1-7,15H,8-10,12H2. The van der Waals surface area contributed by atoms with Crippen molar-refractivity contribution in [1.82, 2.24) is 4.90 Å². The Labute approximate surface area is 123 Å². The van der Waals surface area contributed by atoms with Gasteiger partial charge in [-0.05, 0) is 16.3 Å². The first-order valence-corrected chi connectivity index (χ1v) is 7.03. The fraction of sp³-hybridized carbons (Fsp3) is 0.294. The van der Waals surface area contributed by atoms with Gasteiger partial charge in [0.15, 0.2) is 6.10 Å². The Hall–Kier alpha value is -2.38. The van der Waals surface area contributed by atoms with E-state index in [9.17, 15) is 4.79 Å². The molecule has 1 unspecified atom stereocenters. The van der Waals surface area contributed by atoms with Gasteiger partial charge < -0.3 is 9.64 Å². The minimum Gasteiger partial charge on any atom is -0.360 e. The van der Waals surface area contributed by atoms with Crippen LogP contribution < -0.4 is 0 Å². The summed E-state index contributed by atoms with van der Waals surface area (Å²) in [7, 11) is 0. The van der Waals surface area contributed by atoms with Crippen LogP contribution in [0.25, 0.3) is 10.8 Å². The number of fused-ring (bicyclic) bond motifs is 1. The van der Waals surface area contributed by atoms with Crippen molar-refractivity contribution >= 4 is 16.7 Å². The number of nitrogens with zero attached hydrogens (tertiary/aromatic N) is 2. The number of hydrogen-bond acceptors (Lipinski definition) is 3. The summed E-state index contributed by atoms with van der Waals surface area (Å²) in [6, 6.07) is 16.1. The molecule has 4 nitrogen and oxygen atoms in total. The lowest BCUT2D eigenvalue weighted by Crippen LogP contribution is -2.45. The largest absolute Gasteiger partial charge is 0.360 e. The summed E-state index contributed by atoms with van der Waals surface area (Å²) in [6.45, 7) is 1.35. The molecule has 21 heavy (non-hydrogen) atoms. The first-order chi connectivity index (χ1) is 10.3. The van der Waals surface area contributed by atoms with E-state index in [2.05, 4.69) is 6.07 Å². The quantitative estimate of drug-likeness (QED) is 0.847. The molecule has 1 saturated heterocycles. The van der Waals surface area contributed by atoms with Gasteiger partial charge in [-0.15, -0.1) is 0 Å². The first-order valence-electron chi connectivity index (χ1n) is 7.03. The van der Waals surface area contributed by atoms with Gasteiger partial charge in [-0.1, -0.05) is 42.5 Å². The highest BCUT2D eigenvalue weighted by Gasteiger charge is 2.24. The summed E-state index contributed by atoms with van der Waals surface area (Å²) in [5.41, 5.74) is 1.03. The average Bonchev–Trinajstić information content (AvgIpc) is 2.55. The van der Waals surface area contributed by atoms with E-state index in [-0.39, 0.29) is 5.91 Å². The summed E-state index contributed by atoms with van der Waals surface area (Å²) in [6.07, 6.45) is -0.144. The van der Waals surface area contributed by atoms with Crippen LogP contribution >= 0.6 is 0 Å². The lowest BCUT2D eigenvalue weighted by molar-refractivity contribution is -0.136. The van der Waals surface area contributed by atoms with Crippen LogP contribution in [0.1, 0.15) is 5.56 Å². The molecule has 0 aliphatic carbocycles. The van der Waals surface area contributed by atoms with Gasteiger partial charge in [0.05, 0.1) is 25.6 Å². The molecule has 0 N–H and O–H groups in total. The zero-order chi connectivity index (χ0) is 14.7. The minimum atomic E-state index is -0.504. The Bertz CT molecular complexity index is 700. The van der Waals surface area contributed by atoms with Crippen molar-refractivity contribution in [3.63, 3.8) is 0 Å². The van der Waals surface area contributed by atoms with Crippen molar-refractivity contribution < 1.29 is 9.53 Å². The van der Waals surface area contributed by atoms with Crippen LogP contribution in [0.2, 0.25) is 0 Å². The van der Waals surface area contributed by atoms with Crippen molar-refractivity contribution in [2.24, 2.45) is 0 Å². The molecule has 1 atom stereocenters. The summed E-state index contributed by atoms with van der Waals surface area (Å²) in [5, 5.41) is 11.2. The van der Waals surface area contributed by atoms with Gasteiger partial charge in [0, 0.05) is 6.54 Å². The van der Waals surface area contributed by atoms with Crippen molar-refractivity contribution in [2.45, 2.75) is 12.5 Å². The van der Waals surface area contributed by atoms with Gasteiger partial charge in [-0.2, -0.15) is 5.26 Å². The lowest BCUT2D eigenvalue weighted by Gasteiger charge is -2.30. The van der Waals surface area contributed by atoms with E-state index in [4.69, 9.17) is 10.00 Å². The molecular formula is C17H16N2O2. The molecule has 0 aromatic heterocycles. The number of rotatable bonds is 2. The van der Waals surface area contributed by atoms with Crippen LogP contribution in [0.5, 0.6) is 0 Å². The maximum Gasteiger partial charge on any atom is 0.227 e. The molecule has 0 radical (unpaired) electrons. The van der Waals surface area contributed by atoms with Crippen molar-refractivity contribution in [3.05, 3.63) is 48.0 Å². The Kier molecular flexibility index (Phi) is 3.85. The Morgan fingerprint density at radius 2 is 2.10 bits per heavy atom. The molecule has 1 aliphatic rings. The molecule has 1 aliphatic heterocycles. The minimum absolute atomic E-state index is 0.0508. The molecule has 1 fully saturated rings. The number of hydrogen-bond donors (Lipinski definition) is 0. The lowest BCUT2D eigenvalue weighted by atomic mass is 10.0. The SMILES string of the molecule is N#CC1CN(C(=O)Cc2cccc3ccccc23)CCO1. The molecule has 4 heteroatoms. The van der Waals surface area contributed by atoms with E-state index >= 15 is 0 Å². The molecule has 0 bridgehead atoms. The number of benzene rings is 2. The summed E-state index contributed by atoms with van der Waals surface area (Å²) < 4.78 is 5.27. The third-order valence-corrected chi connectivity index (χ3v) is 3.78. The summed E-state index contributed by atoms with van der Waals surface area (Å²) in [4.78, 5) is 14.2. The van der Waals surface area contributed by atoms with Crippen LogP contribution in [0.15, 0.2) is 42.5 Å². The maximum atomic E-state index is 12.4. The smallest absolute Gasteiger partial charge is 0.227 e. The number of carbonyl (C=O) groups is 1. The maximum absolute atomic E-state index is 12.4. The number of ether oxygens (including phenoxy) is 1. The van der Waals surface area contributed by atoms with E-state index in [1.807, 2.05) is 42.5 Å². The third kappa shape index (κ3) is 2.88. The first kappa shape index (κ1) is 13.6. The van der Waals surface area contributed by atoms with E-state index in [0.29, 0.717) is 26.1 Å². The molecule has 3 rings (SSSR count). The predicted octanol–water partition coefficient (Wildman–Crippen LogP) is 2.13. The highest BCUT2D eigenvalue weighted by Crippen LogP contribution is 2.20. The van der Waals surface area contributed by atoms with Gasteiger partial charge in [-0.3, -0.25) is 4.79 Å². The molecule has 1 amide bonds. The van der Waals surface area contributed by atoms with Crippen LogP contribution in [0.4, 0.5) is 0 Å². The summed E-state index contributed by atoms with van der Waals surface area (Å²) >= 11 is 0. The van der Waals surface area contributed by atoms with E-state index in [0.717, 1.165) is 16.3 Å². The highest BCUT2D eigenvalue weighted by atomic mass is 16.5. The van der Waals surface area contributed by atoms with Crippen molar-refractivity contribution in [2.75, 3.05) is 19.7 Å². The molecular weight excluding hydrogens is 264 g/mol. The molecule has 2 aromatic carbocycles. The van der Waals surface area contributed by atoms with Crippen molar-refractivity contribution in [1.29, 1.82) is 5.26 Å². The van der Waals surface area contributed by atoms with Gasteiger partial charge in [-0.25, -0.2) is 0 Å². The molecule has 0 spiro atoms. The van der Waals surface area contributed by atoms with Crippen LogP contribution in [0.3, 0.4) is 0 Å². The summed E-state index contributed by atoms with van der Waals surface area (Å²) in [5.74, 6) is 0.0508. The van der Waals surface area contributed by atoms with E-state index < -0.39 is 6.10 Å². The Morgan fingerprint density at radius 1 is 1.29 bits per heavy atom. The Balaban J connectivity index is 1.79. The highest BCUT2D eigenvalue weighted by molar-refractivity contribution is 5.90. The number of morpholine rings is 1. The zero-order valence-corrected chi connectivity index (χ0v) is 11.7. The predicted molar refractivity (Wildman–Crippen MR) is 79.6 cm³/mol. The second-order valence-electron chi connectivity index (χ2n) is 5.14. The molecule has 2 aromatic rings. The van der Waals surface area contributed by atoms with Gasteiger partial charge in [0.1, 0.15) is 0 Å². The fourth-order valence-corrected chi connectivity index (χ4v) is 2.68. The van der Waals surface area contributed by atoms with E-state index in [1.54, 1.807) is 4.90 Å². The zero-order valence-electron chi connectivity index (χ0n) is 11.7. The van der Waals surface area contributed by atoms with Gasteiger partial charge in [0.25, 0.3) is 0 Å². The monoisotopic (exact) mass is 280 g/mol. The number of nitriles is 1. The van der Waals surface area contributed by atoms with Gasteiger partial charge in [0.2, 0.25) is 5.91 Å². The number of carbonyl (C=O) groups excluding carboxylic acids is 1. The third-order valence-electron chi connectivity index (χ3n) is 3.78. The molecule has 1 heterocycles. The second kappa shape index (κ2) is 5.94. The normalized spacial score (nSPS) is 18.4. The molecule has 106 valence electrons. The topological polar surface area (TPSA) is 53.3 Å². The average molecular weight is 280 g/mol. The van der Waals surface area contributed by atoms with Crippen LogP contribution in [-0.2, 0) is 16.0 Å². The van der Waals surface area contributed by atoms with Crippen molar-refractivity contribution in [3.8, 4) is 6.07 Å². The number of amides is 1. The van der Waals surface area contributed by atoms with E-state index in [1.165, 1.54) is 0 Å².